The molecule has 1 aromatic carbocycles. The molecular formula is C13H19NO4. The largest absolute Gasteiger partial charge is 0.491 e. The minimum atomic E-state index is -0.590. The maximum atomic E-state index is 10.7. The molecule has 0 amide bonds. The van der Waals surface area contributed by atoms with Crippen LogP contribution >= 0.6 is 0 Å². The predicted octanol–water partition coefficient (Wildman–Crippen LogP) is 2.69. The quantitative estimate of drug-likeness (QED) is 0.661. The van der Waals surface area contributed by atoms with E-state index in [0.29, 0.717) is 11.3 Å². The summed E-state index contributed by atoms with van der Waals surface area (Å²) in [7, 11) is 0. The summed E-state index contributed by atoms with van der Waals surface area (Å²) in [5.41, 5.74) is 0.358. The zero-order valence-corrected chi connectivity index (χ0v) is 11.1. The molecule has 0 heterocycles. The Balaban J connectivity index is 2.70. The van der Waals surface area contributed by atoms with Crippen molar-refractivity contribution in [3.8, 4) is 5.75 Å². The molecule has 0 aliphatic carbocycles. The van der Waals surface area contributed by atoms with Gasteiger partial charge in [-0.3, -0.25) is 10.1 Å². The second-order valence-electron chi connectivity index (χ2n) is 5.40. The van der Waals surface area contributed by atoms with Crippen molar-refractivity contribution in [3.63, 3.8) is 0 Å². The summed E-state index contributed by atoms with van der Waals surface area (Å²) in [4.78, 5) is 10.2. The molecule has 18 heavy (non-hydrogen) atoms. The van der Waals surface area contributed by atoms with E-state index in [0.717, 1.165) is 0 Å². The minimum Gasteiger partial charge on any atom is -0.491 e. The Bertz CT molecular complexity index is 437. The van der Waals surface area contributed by atoms with E-state index in [2.05, 4.69) is 0 Å². The highest BCUT2D eigenvalue weighted by atomic mass is 16.6. The average Bonchev–Trinajstić information content (AvgIpc) is 2.24. The summed E-state index contributed by atoms with van der Waals surface area (Å²) in [6, 6.07) is 4.56. The number of aryl methyl sites for hydroxylation is 1. The van der Waals surface area contributed by atoms with Gasteiger partial charge in [0.2, 0.25) is 0 Å². The Hall–Kier alpha value is -1.62. The second-order valence-corrected chi connectivity index (χ2v) is 5.40. The van der Waals surface area contributed by atoms with Crippen LogP contribution in [0.2, 0.25) is 0 Å². The van der Waals surface area contributed by atoms with E-state index in [-0.39, 0.29) is 17.7 Å². The van der Waals surface area contributed by atoms with Gasteiger partial charge in [-0.05, 0) is 24.5 Å². The topological polar surface area (TPSA) is 72.6 Å². The number of ether oxygens (including phenoxy) is 1. The van der Waals surface area contributed by atoms with Crippen LogP contribution in [-0.2, 0) is 0 Å². The van der Waals surface area contributed by atoms with Crippen LogP contribution in [0.5, 0.6) is 5.75 Å². The van der Waals surface area contributed by atoms with Crippen molar-refractivity contribution in [1.29, 1.82) is 0 Å². The van der Waals surface area contributed by atoms with Crippen molar-refractivity contribution in [3.05, 3.63) is 33.9 Å². The van der Waals surface area contributed by atoms with Crippen LogP contribution in [0.3, 0.4) is 0 Å². The molecule has 5 heteroatoms. The van der Waals surface area contributed by atoms with E-state index in [9.17, 15) is 15.2 Å². The van der Waals surface area contributed by atoms with Gasteiger partial charge >= 0.3 is 0 Å². The molecule has 0 bridgehead atoms. The van der Waals surface area contributed by atoms with Crippen molar-refractivity contribution >= 4 is 5.69 Å². The first-order chi connectivity index (χ1) is 8.21. The van der Waals surface area contributed by atoms with E-state index >= 15 is 0 Å². The second kappa shape index (κ2) is 5.35. The molecule has 1 unspecified atom stereocenters. The number of nitro groups is 1. The van der Waals surface area contributed by atoms with Crippen LogP contribution in [-0.4, -0.2) is 22.7 Å². The van der Waals surface area contributed by atoms with Crippen molar-refractivity contribution in [2.45, 2.75) is 33.8 Å². The van der Waals surface area contributed by atoms with Gasteiger partial charge in [-0.25, -0.2) is 0 Å². The molecule has 1 rings (SSSR count). The molecule has 0 saturated heterocycles. The summed E-state index contributed by atoms with van der Waals surface area (Å²) >= 11 is 0. The molecule has 0 spiro atoms. The van der Waals surface area contributed by atoms with E-state index in [1.807, 2.05) is 20.8 Å². The molecule has 0 aromatic heterocycles. The lowest BCUT2D eigenvalue weighted by Crippen LogP contribution is -2.31. The molecule has 100 valence electrons. The van der Waals surface area contributed by atoms with Gasteiger partial charge in [-0.15, -0.1) is 0 Å². The molecule has 0 saturated carbocycles. The van der Waals surface area contributed by atoms with Gasteiger partial charge < -0.3 is 9.84 Å². The zero-order valence-electron chi connectivity index (χ0n) is 11.1. The minimum absolute atomic E-state index is 0.0683. The van der Waals surface area contributed by atoms with Crippen LogP contribution in [0.4, 0.5) is 5.69 Å². The Morgan fingerprint density at radius 3 is 2.50 bits per heavy atom. The van der Waals surface area contributed by atoms with Gasteiger partial charge in [0.25, 0.3) is 5.69 Å². The third kappa shape index (κ3) is 3.70. The lowest BCUT2D eigenvalue weighted by molar-refractivity contribution is -0.385. The number of aliphatic hydroxyl groups is 1. The molecule has 1 atom stereocenters. The molecule has 1 aromatic rings. The predicted molar refractivity (Wildman–Crippen MR) is 68.8 cm³/mol. The Morgan fingerprint density at radius 1 is 1.44 bits per heavy atom. The van der Waals surface area contributed by atoms with Crippen LogP contribution in [0.1, 0.15) is 26.3 Å². The summed E-state index contributed by atoms with van der Waals surface area (Å²) in [6.45, 7) is 7.58. The van der Waals surface area contributed by atoms with Crippen LogP contribution < -0.4 is 4.74 Å². The van der Waals surface area contributed by atoms with Gasteiger partial charge in [-0.2, -0.15) is 0 Å². The van der Waals surface area contributed by atoms with E-state index in [4.69, 9.17) is 4.74 Å². The average molecular weight is 253 g/mol. The number of rotatable bonds is 4. The monoisotopic (exact) mass is 253 g/mol. The van der Waals surface area contributed by atoms with Gasteiger partial charge in [0.05, 0.1) is 11.0 Å². The van der Waals surface area contributed by atoms with Gasteiger partial charge in [-0.1, -0.05) is 20.8 Å². The summed E-state index contributed by atoms with van der Waals surface area (Å²) in [5, 5.41) is 20.5. The van der Waals surface area contributed by atoms with Gasteiger partial charge in [0.15, 0.2) is 0 Å². The Labute approximate surface area is 107 Å². The van der Waals surface area contributed by atoms with Crippen molar-refractivity contribution < 1.29 is 14.8 Å². The molecule has 0 aliphatic heterocycles. The number of nitrogens with zero attached hydrogens (tertiary/aromatic N) is 1. The highest BCUT2D eigenvalue weighted by Crippen LogP contribution is 2.24. The number of nitro benzene ring substituents is 1. The third-order valence-corrected chi connectivity index (χ3v) is 2.77. The van der Waals surface area contributed by atoms with Crippen LogP contribution in [0.25, 0.3) is 0 Å². The molecule has 5 nitrogen and oxygen atoms in total. The summed E-state index contributed by atoms with van der Waals surface area (Å²) in [6.07, 6.45) is -0.590. The Kier molecular flexibility index (Phi) is 4.29. The maximum absolute atomic E-state index is 10.7. The fourth-order valence-electron chi connectivity index (χ4n) is 1.35. The smallest absolute Gasteiger partial charge is 0.272 e. The molecule has 1 N–H and O–H groups in total. The highest BCUT2D eigenvalue weighted by Gasteiger charge is 2.22. The summed E-state index contributed by atoms with van der Waals surface area (Å²) < 4.78 is 5.44. The first-order valence-electron chi connectivity index (χ1n) is 5.77. The summed E-state index contributed by atoms with van der Waals surface area (Å²) in [5.74, 6) is 0.529. The van der Waals surface area contributed by atoms with Crippen molar-refractivity contribution in [1.82, 2.24) is 0 Å². The Morgan fingerprint density at radius 2 is 2.06 bits per heavy atom. The van der Waals surface area contributed by atoms with E-state index < -0.39 is 11.0 Å². The van der Waals surface area contributed by atoms with Gasteiger partial charge in [0.1, 0.15) is 12.4 Å². The van der Waals surface area contributed by atoms with Gasteiger partial charge in [0, 0.05) is 11.6 Å². The fraction of sp³-hybridized carbons (Fsp3) is 0.538. The van der Waals surface area contributed by atoms with Crippen molar-refractivity contribution in [2.24, 2.45) is 5.41 Å². The van der Waals surface area contributed by atoms with E-state index in [1.165, 1.54) is 6.07 Å². The lowest BCUT2D eigenvalue weighted by Gasteiger charge is -2.25. The SMILES string of the molecule is Cc1cc(OCC(O)C(C)(C)C)ccc1[N+](=O)[O-]. The van der Waals surface area contributed by atoms with Crippen LogP contribution in [0.15, 0.2) is 18.2 Å². The number of aliphatic hydroxyl groups excluding tert-OH is 1. The molecule has 0 fully saturated rings. The standard InChI is InChI=1S/C13H19NO4/c1-9-7-10(5-6-11(9)14(16)17)18-8-12(15)13(2,3)4/h5-7,12,15H,8H2,1-4H3. The maximum Gasteiger partial charge on any atom is 0.272 e. The number of benzene rings is 1. The highest BCUT2D eigenvalue weighted by molar-refractivity contribution is 5.44. The normalized spacial score (nSPS) is 13.2. The third-order valence-electron chi connectivity index (χ3n) is 2.77. The molecule has 0 aliphatic rings. The fourth-order valence-corrected chi connectivity index (χ4v) is 1.35. The number of hydrogen-bond acceptors (Lipinski definition) is 4. The van der Waals surface area contributed by atoms with E-state index in [1.54, 1.807) is 19.1 Å². The first-order valence-corrected chi connectivity index (χ1v) is 5.77. The van der Waals surface area contributed by atoms with Crippen molar-refractivity contribution in [2.75, 3.05) is 6.61 Å². The molecule has 0 radical (unpaired) electrons. The zero-order chi connectivity index (χ0) is 13.9. The number of hydrogen-bond donors (Lipinski definition) is 1. The lowest BCUT2D eigenvalue weighted by atomic mass is 9.90. The van der Waals surface area contributed by atoms with Crippen LogP contribution in [0, 0.1) is 22.5 Å². The first kappa shape index (κ1) is 14.4. The molecular weight excluding hydrogens is 234 g/mol.